The number of ether oxygens (including phenoxy) is 1. The van der Waals surface area contributed by atoms with Gasteiger partial charge < -0.3 is 20.3 Å². The fourth-order valence-corrected chi connectivity index (χ4v) is 3.88. The fraction of sp³-hybridized carbons (Fsp3) is 0.667. The number of aliphatic hydroxyl groups is 2. The number of anilines is 1. The molecule has 0 spiro atoms. The average molecular weight is 399 g/mol. The molecule has 2 aliphatic rings. The van der Waals surface area contributed by atoms with Crippen LogP contribution in [0.2, 0.25) is 0 Å². The minimum absolute atomic E-state index is 0.339. The van der Waals surface area contributed by atoms with Gasteiger partial charge in [0, 0.05) is 6.04 Å². The summed E-state index contributed by atoms with van der Waals surface area (Å²) in [5, 5.41) is 23.9. The summed E-state index contributed by atoms with van der Waals surface area (Å²) in [5.41, 5.74) is 1.000. The molecule has 1 saturated heterocycles. The molecule has 2 fully saturated rings. The molecule has 1 saturated carbocycles. The Labute approximate surface area is 157 Å². The maximum atomic E-state index is 10.7. The van der Waals surface area contributed by atoms with Gasteiger partial charge in [0.05, 0.1) is 12.9 Å². The van der Waals surface area contributed by atoms with Crippen LogP contribution in [0.3, 0.4) is 0 Å². The molecule has 4 rings (SSSR count). The van der Waals surface area contributed by atoms with Gasteiger partial charge in [0.2, 0.25) is 0 Å². The van der Waals surface area contributed by atoms with Gasteiger partial charge >= 0.3 is 11.4 Å². The Hall–Kier alpha value is -1.70. The van der Waals surface area contributed by atoms with Crippen molar-refractivity contribution in [1.82, 2.24) is 19.5 Å². The summed E-state index contributed by atoms with van der Waals surface area (Å²) >= 11 is -2.48. The first-order chi connectivity index (χ1) is 13.0. The minimum Gasteiger partial charge on any atom is -0.387 e. The smallest absolute Gasteiger partial charge is 0.301 e. The summed E-state index contributed by atoms with van der Waals surface area (Å²) in [7, 11) is 0. The highest BCUT2D eigenvalue weighted by atomic mass is 32.2. The second kappa shape index (κ2) is 7.73. The van der Waals surface area contributed by atoms with Crippen LogP contribution in [0.25, 0.3) is 11.2 Å². The molecule has 0 amide bonds. The number of hydrogen-bond acceptors (Lipinski definition) is 9. The van der Waals surface area contributed by atoms with Crippen molar-refractivity contribution in [2.75, 3.05) is 11.9 Å². The zero-order valence-corrected chi connectivity index (χ0v) is 15.2. The lowest BCUT2D eigenvalue weighted by Crippen LogP contribution is -2.34. The van der Waals surface area contributed by atoms with Crippen LogP contribution in [-0.2, 0) is 20.3 Å². The molecule has 3 heterocycles. The van der Waals surface area contributed by atoms with Gasteiger partial charge in [-0.3, -0.25) is 13.3 Å². The van der Waals surface area contributed by atoms with E-state index < -0.39 is 35.9 Å². The second-order valence-corrected chi connectivity index (χ2v) is 7.39. The Morgan fingerprint density at radius 1 is 1.26 bits per heavy atom. The normalized spacial score (nSPS) is 30.2. The van der Waals surface area contributed by atoms with Gasteiger partial charge in [-0.25, -0.2) is 15.0 Å². The standard InChI is InChI=1S/C15H21N5O6S/c21-11-9(5-25-27(23)24)26-15(12(11)22)20-7-18-10-13(16-6-17-14(10)20)19-8-3-1-2-4-8/h6-9,11-12,15,21-22H,1-5H2,(H,23,24)(H,16,17,19)/t9-,11-,12-,15-/m1/s1. The van der Waals surface area contributed by atoms with Gasteiger partial charge in [-0.1, -0.05) is 12.8 Å². The molecular formula is C15H21N5O6S. The van der Waals surface area contributed by atoms with Crippen LogP contribution in [0, 0.1) is 0 Å². The van der Waals surface area contributed by atoms with Crippen molar-refractivity contribution >= 4 is 28.3 Å². The number of hydrogen-bond donors (Lipinski definition) is 4. The van der Waals surface area contributed by atoms with Gasteiger partial charge in [0.25, 0.3) is 0 Å². The molecular weight excluding hydrogens is 378 g/mol. The van der Waals surface area contributed by atoms with Gasteiger partial charge in [-0.2, -0.15) is 4.21 Å². The maximum Gasteiger partial charge on any atom is 0.301 e. The molecule has 5 atom stereocenters. The first-order valence-electron chi connectivity index (χ1n) is 8.74. The molecule has 148 valence electrons. The number of nitrogens with one attached hydrogen (secondary N) is 1. The minimum atomic E-state index is -2.48. The van der Waals surface area contributed by atoms with Gasteiger partial charge in [-0.05, 0) is 12.8 Å². The Balaban J connectivity index is 1.57. The SMILES string of the molecule is O=S(O)OC[C@H]1O[C@@H](n2cnc3c(NC4CCCC4)ncnc32)[C@H](O)[C@@H]1O. The molecule has 1 aliphatic carbocycles. The zero-order chi connectivity index (χ0) is 19.0. The molecule has 0 aromatic carbocycles. The second-order valence-electron chi connectivity index (χ2n) is 6.72. The summed E-state index contributed by atoms with van der Waals surface area (Å²) in [4.78, 5) is 12.9. The molecule has 2 aromatic rings. The van der Waals surface area contributed by atoms with Crippen molar-refractivity contribution in [1.29, 1.82) is 0 Å². The van der Waals surface area contributed by atoms with Gasteiger partial charge in [0.1, 0.15) is 24.6 Å². The monoisotopic (exact) mass is 399 g/mol. The third-order valence-electron chi connectivity index (χ3n) is 5.00. The lowest BCUT2D eigenvalue weighted by atomic mass is 10.1. The van der Waals surface area contributed by atoms with E-state index in [4.69, 9.17) is 9.29 Å². The fourth-order valence-electron chi connectivity index (χ4n) is 3.63. The molecule has 4 N–H and O–H groups in total. The van der Waals surface area contributed by atoms with E-state index in [1.807, 2.05) is 0 Å². The molecule has 1 unspecified atom stereocenters. The predicted molar refractivity (Wildman–Crippen MR) is 93.8 cm³/mol. The highest BCUT2D eigenvalue weighted by molar-refractivity contribution is 7.74. The summed E-state index contributed by atoms with van der Waals surface area (Å²) < 4.78 is 31.1. The average Bonchev–Trinajstić information content (AvgIpc) is 3.36. The summed E-state index contributed by atoms with van der Waals surface area (Å²) in [5.74, 6) is 0.620. The topological polar surface area (TPSA) is 152 Å². The molecule has 27 heavy (non-hydrogen) atoms. The van der Waals surface area contributed by atoms with Gasteiger partial charge in [-0.15, -0.1) is 0 Å². The number of nitrogens with zero attached hydrogens (tertiary/aromatic N) is 4. The zero-order valence-electron chi connectivity index (χ0n) is 14.3. The molecule has 12 heteroatoms. The number of aromatic nitrogens is 4. The highest BCUT2D eigenvalue weighted by Gasteiger charge is 2.44. The number of imidazole rings is 1. The Bertz CT molecular complexity index is 828. The summed E-state index contributed by atoms with van der Waals surface area (Å²) in [6, 6.07) is 0.351. The van der Waals surface area contributed by atoms with Crippen molar-refractivity contribution in [2.45, 2.75) is 56.3 Å². The highest BCUT2D eigenvalue weighted by Crippen LogP contribution is 2.33. The van der Waals surface area contributed by atoms with Crippen LogP contribution >= 0.6 is 0 Å². The lowest BCUT2D eigenvalue weighted by Gasteiger charge is -2.17. The van der Waals surface area contributed by atoms with E-state index in [0.717, 1.165) is 12.8 Å². The van der Waals surface area contributed by atoms with E-state index >= 15 is 0 Å². The third-order valence-corrected chi connectivity index (χ3v) is 5.34. The quantitative estimate of drug-likeness (QED) is 0.487. The van der Waals surface area contributed by atoms with Crippen molar-refractivity contribution in [3.8, 4) is 0 Å². The number of aliphatic hydroxyl groups excluding tert-OH is 2. The Morgan fingerprint density at radius 3 is 2.78 bits per heavy atom. The number of fused-ring (bicyclic) bond motifs is 1. The van der Waals surface area contributed by atoms with Crippen LogP contribution in [0.1, 0.15) is 31.9 Å². The predicted octanol–water partition coefficient (Wildman–Crippen LogP) is -0.0467. The van der Waals surface area contributed by atoms with E-state index in [1.165, 1.54) is 30.1 Å². The molecule has 0 bridgehead atoms. The van der Waals surface area contributed by atoms with Crippen LogP contribution in [0.4, 0.5) is 5.82 Å². The molecule has 2 aromatic heterocycles. The van der Waals surface area contributed by atoms with E-state index in [0.29, 0.717) is 23.0 Å². The molecule has 1 aliphatic heterocycles. The summed E-state index contributed by atoms with van der Waals surface area (Å²) in [6.45, 7) is -0.339. The van der Waals surface area contributed by atoms with Gasteiger partial charge in [0.15, 0.2) is 23.2 Å². The van der Waals surface area contributed by atoms with Crippen molar-refractivity contribution < 1.29 is 27.9 Å². The number of rotatable bonds is 6. The van der Waals surface area contributed by atoms with Crippen LogP contribution in [0.15, 0.2) is 12.7 Å². The molecule has 11 nitrogen and oxygen atoms in total. The largest absolute Gasteiger partial charge is 0.387 e. The first kappa shape index (κ1) is 18.7. The van der Waals surface area contributed by atoms with E-state index in [9.17, 15) is 14.4 Å². The van der Waals surface area contributed by atoms with Crippen LogP contribution in [-0.4, -0.2) is 69.5 Å². The van der Waals surface area contributed by atoms with Crippen LogP contribution < -0.4 is 5.32 Å². The van der Waals surface area contributed by atoms with Crippen molar-refractivity contribution in [2.24, 2.45) is 0 Å². The van der Waals surface area contributed by atoms with Crippen LogP contribution in [0.5, 0.6) is 0 Å². The van der Waals surface area contributed by atoms with E-state index in [1.54, 1.807) is 0 Å². The lowest BCUT2D eigenvalue weighted by molar-refractivity contribution is -0.0468. The first-order valence-corrected chi connectivity index (χ1v) is 9.77. The Kier molecular flexibility index (Phi) is 5.34. The molecule has 0 radical (unpaired) electrons. The maximum absolute atomic E-state index is 10.7. The third kappa shape index (κ3) is 3.68. The van der Waals surface area contributed by atoms with Crippen molar-refractivity contribution in [3.05, 3.63) is 12.7 Å². The van der Waals surface area contributed by atoms with Crippen molar-refractivity contribution in [3.63, 3.8) is 0 Å². The Morgan fingerprint density at radius 2 is 2.04 bits per heavy atom. The van der Waals surface area contributed by atoms with E-state index in [2.05, 4.69) is 24.5 Å². The summed E-state index contributed by atoms with van der Waals surface area (Å²) in [6.07, 6.45) is 2.92. The van der Waals surface area contributed by atoms with E-state index in [-0.39, 0.29) is 6.61 Å².